The van der Waals surface area contributed by atoms with Crippen LogP contribution < -0.4 is 10.2 Å². The molecule has 2 heterocycles. The van der Waals surface area contributed by atoms with E-state index in [1.54, 1.807) is 23.1 Å². The number of aryl methyl sites for hydroxylation is 2. The second-order valence-corrected chi connectivity index (χ2v) is 10.5. The molecule has 2 aliphatic heterocycles. The summed E-state index contributed by atoms with van der Waals surface area (Å²) in [5, 5.41) is 2.93. The first-order valence-electron chi connectivity index (χ1n) is 11.0. The lowest BCUT2D eigenvalue weighted by molar-refractivity contribution is -0.121. The maximum absolute atomic E-state index is 13.2. The normalized spacial score (nSPS) is 17.6. The molecule has 1 N–H and O–H groups in total. The van der Waals surface area contributed by atoms with Crippen LogP contribution in [0.5, 0.6) is 0 Å². The predicted octanol–water partition coefficient (Wildman–Crippen LogP) is 3.33. The fourth-order valence-electron chi connectivity index (χ4n) is 4.45. The fourth-order valence-corrected chi connectivity index (χ4v) is 5.97. The molecule has 0 radical (unpaired) electrons. The highest BCUT2D eigenvalue weighted by atomic mass is 32.2. The molecule has 0 bridgehead atoms. The molecular weight excluding hydrogens is 426 g/mol. The van der Waals surface area contributed by atoms with E-state index in [9.17, 15) is 18.0 Å². The van der Waals surface area contributed by atoms with Gasteiger partial charge in [-0.15, -0.1) is 0 Å². The topological polar surface area (TPSA) is 86.8 Å². The van der Waals surface area contributed by atoms with Crippen LogP contribution in [0.25, 0.3) is 0 Å². The van der Waals surface area contributed by atoms with Crippen LogP contribution in [-0.2, 0) is 26.0 Å². The number of rotatable bonds is 4. The Bertz CT molecular complexity index is 1120. The highest BCUT2D eigenvalue weighted by Crippen LogP contribution is 2.32. The van der Waals surface area contributed by atoms with Crippen molar-refractivity contribution < 1.29 is 18.0 Å². The third-order valence-corrected chi connectivity index (χ3v) is 8.23. The smallest absolute Gasteiger partial charge is 0.243 e. The number of carbonyl (C=O) groups is 2. The molecular formula is C24H29N3O4S. The first-order chi connectivity index (χ1) is 15.3. The Balaban J connectivity index is 1.42. The van der Waals surface area contributed by atoms with E-state index in [0.29, 0.717) is 32.5 Å². The number of hydrogen-bond acceptors (Lipinski definition) is 4. The maximum atomic E-state index is 13.2. The number of hydrogen-bond donors (Lipinski definition) is 1. The molecule has 0 saturated carbocycles. The minimum atomic E-state index is -3.65. The number of nitrogens with zero attached hydrogens (tertiary/aromatic N) is 2. The predicted molar refractivity (Wildman–Crippen MR) is 124 cm³/mol. The van der Waals surface area contributed by atoms with Crippen molar-refractivity contribution in [3.05, 3.63) is 53.6 Å². The summed E-state index contributed by atoms with van der Waals surface area (Å²) in [5.74, 6) is -0.313. The molecule has 2 aliphatic rings. The van der Waals surface area contributed by atoms with Crippen LogP contribution >= 0.6 is 0 Å². The van der Waals surface area contributed by atoms with Crippen molar-refractivity contribution >= 4 is 33.2 Å². The Labute approximate surface area is 189 Å². The van der Waals surface area contributed by atoms with Crippen LogP contribution in [0.2, 0.25) is 0 Å². The van der Waals surface area contributed by atoms with Crippen molar-refractivity contribution in [1.82, 2.24) is 4.31 Å². The fraction of sp³-hybridized carbons (Fsp3) is 0.417. The Morgan fingerprint density at radius 2 is 1.69 bits per heavy atom. The van der Waals surface area contributed by atoms with Crippen LogP contribution in [0.3, 0.4) is 0 Å². The molecule has 8 heteroatoms. The van der Waals surface area contributed by atoms with Gasteiger partial charge in [0.15, 0.2) is 0 Å². The molecule has 1 saturated heterocycles. The number of fused-ring (bicyclic) bond motifs is 1. The highest BCUT2D eigenvalue weighted by molar-refractivity contribution is 7.89. The molecule has 32 heavy (non-hydrogen) atoms. The van der Waals surface area contributed by atoms with Gasteiger partial charge in [-0.1, -0.05) is 17.7 Å². The summed E-state index contributed by atoms with van der Waals surface area (Å²) in [4.78, 5) is 26.4. The van der Waals surface area contributed by atoms with E-state index >= 15 is 0 Å². The van der Waals surface area contributed by atoms with E-state index in [-0.39, 0.29) is 22.6 Å². The molecule has 0 aromatic heterocycles. The van der Waals surface area contributed by atoms with Crippen LogP contribution in [0.4, 0.5) is 11.4 Å². The van der Waals surface area contributed by atoms with Crippen molar-refractivity contribution in [3.8, 4) is 0 Å². The number of nitrogens with one attached hydrogen (secondary N) is 1. The minimum Gasteiger partial charge on any atom is -0.326 e. The zero-order valence-electron chi connectivity index (χ0n) is 18.5. The second-order valence-electron chi connectivity index (χ2n) is 8.60. The molecule has 0 aliphatic carbocycles. The van der Waals surface area contributed by atoms with Gasteiger partial charge in [-0.05, 0) is 68.5 Å². The van der Waals surface area contributed by atoms with Gasteiger partial charge in [-0.3, -0.25) is 9.59 Å². The lowest BCUT2D eigenvalue weighted by atomic mass is 9.97. The standard InChI is InChI=1S/C24H29N3O4S/c1-17-5-7-21(8-6-17)25-24(29)19-11-14-26(15-12-19)32(30,31)22-9-10-23-20(16-22)4-3-13-27(23)18(2)28/h5-10,16,19H,3-4,11-15H2,1-2H3,(H,25,29). The molecule has 0 unspecified atom stereocenters. The largest absolute Gasteiger partial charge is 0.326 e. The summed E-state index contributed by atoms with van der Waals surface area (Å²) in [7, 11) is -3.65. The van der Waals surface area contributed by atoms with E-state index in [1.165, 1.54) is 11.2 Å². The molecule has 2 amide bonds. The average molecular weight is 456 g/mol. The number of anilines is 2. The molecule has 7 nitrogen and oxygen atoms in total. The highest BCUT2D eigenvalue weighted by Gasteiger charge is 2.33. The van der Waals surface area contributed by atoms with Crippen molar-refractivity contribution in [3.63, 3.8) is 0 Å². The zero-order chi connectivity index (χ0) is 22.9. The summed E-state index contributed by atoms with van der Waals surface area (Å²) < 4.78 is 27.9. The SMILES string of the molecule is CC(=O)N1CCCc2cc(S(=O)(=O)N3CCC(C(=O)Nc4ccc(C)cc4)CC3)ccc21. The van der Waals surface area contributed by atoms with Gasteiger partial charge < -0.3 is 10.2 Å². The second kappa shape index (κ2) is 9.03. The summed E-state index contributed by atoms with van der Waals surface area (Å²) in [6.07, 6.45) is 2.54. The molecule has 2 aromatic rings. The minimum absolute atomic E-state index is 0.0347. The van der Waals surface area contributed by atoms with Gasteiger partial charge >= 0.3 is 0 Å². The maximum Gasteiger partial charge on any atom is 0.243 e. The Kier molecular flexibility index (Phi) is 6.35. The third-order valence-electron chi connectivity index (χ3n) is 6.33. The lowest BCUT2D eigenvalue weighted by Crippen LogP contribution is -2.41. The summed E-state index contributed by atoms with van der Waals surface area (Å²) >= 11 is 0. The van der Waals surface area contributed by atoms with Gasteiger partial charge in [-0.2, -0.15) is 4.31 Å². The Morgan fingerprint density at radius 1 is 1.00 bits per heavy atom. The molecule has 0 spiro atoms. The van der Waals surface area contributed by atoms with E-state index in [1.807, 2.05) is 31.2 Å². The first-order valence-corrected chi connectivity index (χ1v) is 12.5. The molecule has 4 rings (SSSR count). The van der Waals surface area contributed by atoms with Crippen LogP contribution in [0.1, 0.15) is 37.3 Å². The van der Waals surface area contributed by atoms with Gasteiger partial charge in [0.2, 0.25) is 21.8 Å². The summed E-state index contributed by atoms with van der Waals surface area (Å²) in [6, 6.07) is 12.7. The number of amides is 2. The zero-order valence-corrected chi connectivity index (χ0v) is 19.3. The third kappa shape index (κ3) is 4.56. The molecule has 2 aromatic carbocycles. The lowest BCUT2D eigenvalue weighted by Gasteiger charge is -2.32. The van der Waals surface area contributed by atoms with E-state index in [0.717, 1.165) is 35.3 Å². The van der Waals surface area contributed by atoms with Gasteiger partial charge in [0.25, 0.3) is 0 Å². The van der Waals surface area contributed by atoms with Crippen molar-refractivity contribution in [2.75, 3.05) is 29.9 Å². The van der Waals surface area contributed by atoms with E-state index in [4.69, 9.17) is 0 Å². The first kappa shape index (κ1) is 22.5. The van der Waals surface area contributed by atoms with Crippen molar-refractivity contribution in [2.45, 2.75) is 44.4 Å². The number of benzene rings is 2. The summed E-state index contributed by atoms with van der Waals surface area (Å²) in [5.41, 5.74) is 3.57. The van der Waals surface area contributed by atoms with E-state index in [2.05, 4.69) is 5.32 Å². The van der Waals surface area contributed by atoms with Gasteiger partial charge in [-0.25, -0.2) is 8.42 Å². The van der Waals surface area contributed by atoms with Crippen molar-refractivity contribution in [2.24, 2.45) is 5.92 Å². The average Bonchev–Trinajstić information content (AvgIpc) is 2.79. The number of carbonyl (C=O) groups excluding carboxylic acids is 2. The van der Waals surface area contributed by atoms with Gasteiger partial charge in [0.1, 0.15) is 0 Å². The Hall–Kier alpha value is -2.71. The van der Waals surface area contributed by atoms with Gasteiger partial charge in [0, 0.05) is 43.9 Å². The van der Waals surface area contributed by atoms with E-state index < -0.39 is 10.0 Å². The van der Waals surface area contributed by atoms with Gasteiger partial charge in [0.05, 0.1) is 4.90 Å². The number of sulfonamides is 1. The van der Waals surface area contributed by atoms with Crippen LogP contribution in [-0.4, -0.2) is 44.2 Å². The van der Waals surface area contributed by atoms with Crippen molar-refractivity contribution in [1.29, 1.82) is 0 Å². The van der Waals surface area contributed by atoms with Crippen LogP contribution in [0, 0.1) is 12.8 Å². The Morgan fingerprint density at radius 3 is 2.34 bits per heavy atom. The molecule has 1 fully saturated rings. The van der Waals surface area contributed by atoms with Crippen LogP contribution in [0.15, 0.2) is 47.4 Å². The molecule has 170 valence electrons. The monoisotopic (exact) mass is 455 g/mol. The quantitative estimate of drug-likeness (QED) is 0.766. The summed E-state index contributed by atoms with van der Waals surface area (Å²) in [6.45, 7) is 4.80. The number of piperidine rings is 1. The molecule has 0 atom stereocenters.